The van der Waals surface area contributed by atoms with Crippen LogP contribution in [-0.4, -0.2) is 0 Å². The fourth-order valence-electron chi connectivity index (χ4n) is 0.670. The molecule has 0 heterocycles. The van der Waals surface area contributed by atoms with Gasteiger partial charge in [0.05, 0.1) is 0 Å². The van der Waals surface area contributed by atoms with Crippen LogP contribution in [0.5, 0.6) is 0 Å². The van der Waals surface area contributed by atoms with Crippen molar-refractivity contribution in [1.82, 2.24) is 0 Å². The Balaban J connectivity index is 2.64. The Labute approximate surface area is 40.8 Å². The van der Waals surface area contributed by atoms with Crippen LogP contribution in [0.15, 0.2) is 11.7 Å². The molecule has 1 aliphatic carbocycles. The predicted molar refractivity (Wildman–Crippen MR) is 23.1 cm³/mol. The maximum Gasteiger partial charge on any atom is 0.131 e. The molecule has 1 aliphatic rings. The van der Waals surface area contributed by atoms with E-state index in [1.54, 1.807) is 0 Å². The Morgan fingerprint density at radius 1 is 1.00 bits per heavy atom. The van der Waals surface area contributed by atoms with Gasteiger partial charge < -0.3 is 0 Å². The standard InChI is InChI=1S/C5H6F2/c6-4-2-1-3-5(4)7/h1-3H2. The lowest BCUT2D eigenvalue weighted by Crippen LogP contribution is -1.61. The van der Waals surface area contributed by atoms with E-state index in [4.69, 9.17) is 0 Å². The van der Waals surface area contributed by atoms with Crippen LogP contribution in [0.1, 0.15) is 19.3 Å². The molecule has 0 spiro atoms. The van der Waals surface area contributed by atoms with Gasteiger partial charge in [-0.3, -0.25) is 0 Å². The van der Waals surface area contributed by atoms with Crippen molar-refractivity contribution in [1.29, 1.82) is 0 Å². The van der Waals surface area contributed by atoms with E-state index in [2.05, 4.69) is 0 Å². The van der Waals surface area contributed by atoms with Crippen molar-refractivity contribution >= 4 is 0 Å². The van der Waals surface area contributed by atoms with Gasteiger partial charge in [-0.05, 0) is 6.42 Å². The summed E-state index contributed by atoms with van der Waals surface area (Å²) in [5.74, 6) is -1.08. The van der Waals surface area contributed by atoms with Crippen LogP contribution in [-0.2, 0) is 0 Å². The first kappa shape index (κ1) is 4.75. The third kappa shape index (κ3) is 0.787. The van der Waals surface area contributed by atoms with Crippen molar-refractivity contribution in [3.8, 4) is 0 Å². The largest absolute Gasteiger partial charge is 0.209 e. The molecule has 40 valence electrons. The Morgan fingerprint density at radius 3 is 1.57 bits per heavy atom. The van der Waals surface area contributed by atoms with Crippen LogP contribution >= 0.6 is 0 Å². The van der Waals surface area contributed by atoms with Gasteiger partial charge in [0.15, 0.2) is 0 Å². The lowest BCUT2D eigenvalue weighted by Gasteiger charge is -1.78. The SMILES string of the molecule is FC1=C(F)CCC1. The van der Waals surface area contributed by atoms with Crippen molar-refractivity contribution in [3.05, 3.63) is 11.7 Å². The first-order chi connectivity index (χ1) is 3.30. The molecule has 0 aliphatic heterocycles. The van der Waals surface area contributed by atoms with Crippen LogP contribution in [0.2, 0.25) is 0 Å². The molecule has 0 aromatic rings. The van der Waals surface area contributed by atoms with E-state index in [9.17, 15) is 8.78 Å². The van der Waals surface area contributed by atoms with E-state index in [-0.39, 0.29) is 0 Å². The lowest BCUT2D eigenvalue weighted by molar-refractivity contribution is 0.539. The summed E-state index contributed by atoms with van der Waals surface area (Å²) in [5, 5.41) is 0. The van der Waals surface area contributed by atoms with Crippen molar-refractivity contribution < 1.29 is 8.78 Å². The minimum absolute atomic E-state index is 0.311. The minimum Gasteiger partial charge on any atom is -0.209 e. The summed E-state index contributed by atoms with van der Waals surface area (Å²) < 4.78 is 23.6. The topological polar surface area (TPSA) is 0 Å². The number of hydrogen-bond acceptors (Lipinski definition) is 0. The van der Waals surface area contributed by atoms with Crippen molar-refractivity contribution in [3.63, 3.8) is 0 Å². The molecular weight excluding hydrogens is 98.1 g/mol. The quantitative estimate of drug-likeness (QED) is 0.442. The van der Waals surface area contributed by atoms with Crippen LogP contribution in [0.3, 0.4) is 0 Å². The molecular formula is C5H6F2. The molecule has 0 amide bonds. The van der Waals surface area contributed by atoms with Gasteiger partial charge in [0, 0.05) is 12.8 Å². The maximum absolute atomic E-state index is 11.8. The molecule has 1 rings (SSSR count). The third-order valence-electron chi connectivity index (χ3n) is 1.09. The second kappa shape index (κ2) is 1.60. The zero-order valence-electron chi connectivity index (χ0n) is 3.88. The van der Waals surface area contributed by atoms with Crippen molar-refractivity contribution in [2.24, 2.45) is 0 Å². The van der Waals surface area contributed by atoms with Gasteiger partial charge in [-0.2, -0.15) is 0 Å². The van der Waals surface area contributed by atoms with Crippen molar-refractivity contribution in [2.45, 2.75) is 19.3 Å². The average molecular weight is 104 g/mol. The van der Waals surface area contributed by atoms with E-state index in [0.29, 0.717) is 19.3 Å². The molecule has 0 fully saturated rings. The monoisotopic (exact) mass is 104 g/mol. The first-order valence-corrected chi connectivity index (χ1v) is 2.34. The van der Waals surface area contributed by atoms with Crippen LogP contribution in [0.4, 0.5) is 8.78 Å². The molecule has 0 aromatic heterocycles. The van der Waals surface area contributed by atoms with Crippen LogP contribution in [0.25, 0.3) is 0 Å². The Bertz CT molecular complexity index is 92.6. The van der Waals surface area contributed by atoms with Crippen LogP contribution < -0.4 is 0 Å². The van der Waals surface area contributed by atoms with Gasteiger partial charge in [-0.15, -0.1) is 0 Å². The summed E-state index contributed by atoms with van der Waals surface area (Å²) >= 11 is 0. The summed E-state index contributed by atoms with van der Waals surface area (Å²) in [6, 6.07) is 0. The highest BCUT2D eigenvalue weighted by Crippen LogP contribution is 2.26. The summed E-state index contributed by atoms with van der Waals surface area (Å²) in [5.41, 5.74) is 0. The smallest absolute Gasteiger partial charge is 0.131 e. The molecule has 0 saturated carbocycles. The molecule has 7 heavy (non-hydrogen) atoms. The van der Waals surface area contributed by atoms with E-state index in [0.717, 1.165) is 0 Å². The molecule has 0 saturated heterocycles. The Morgan fingerprint density at radius 2 is 1.43 bits per heavy atom. The fourth-order valence-corrected chi connectivity index (χ4v) is 0.670. The summed E-state index contributed by atoms with van der Waals surface area (Å²) in [6.07, 6.45) is 1.27. The number of rotatable bonds is 0. The zero-order chi connectivity index (χ0) is 5.28. The normalized spacial score (nSPS) is 21.4. The first-order valence-electron chi connectivity index (χ1n) is 2.34. The molecule has 0 aromatic carbocycles. The molecule has 0 atom stereocenters. The van der Waals surface area contributed by atoms with Gasteiger partial charge in [0.2, 0.25) is 0 Å². The van der Waals surface area contributed by atoms with E-state index < -0.39 is 11.7 Å². The highest BCUT2D eigenvalue weighted by molar-refractivity contribution is 5.05. The van der Waals surface area contributed by atoms with Gasteiger partial charge in [-0.25, -0.2) is 8.78 Å². The number of halogens is 2. The van der Waals surface area contributed by atoms with Crippen molar-refractivity contribution in [2.75, 3.05) is 0 Å². The number of hydrogen-bond donors (Lipinski definition) is 0. The highest BCUT2D eigenvalue weighted by atomic mass is 19.2. The second-order valence-corrected chi connectivity index (χ2v) is 1.66. The second-order valence-electron chi connectivity index (χ2n) is 1.66. The molecule has 0 unspecified atom stereocenters. The van der Waals surface area contributed by atoms with Crippen LogP contribution in [0, 0.1) is 0 Å². The summed E-state index contributed by atoms with van der Waals surface area (Å²) in [7, 11) is 0. The fraction of sp³-hybridized carbons (Fsp3) is 0.600. The van der Waals surface area contributed by atoms with E-state index >= 15 is 0 Å². The van der Waals surface area contributed by atoms with Gasteiger partial charge >= 0.3 is 0 Å². The van der Waals surface area contributed by atoms with Gasteiger partial charge in [0.1, 0.15) is 11.7 Å². The minimum atomic E-state index is -0.542. The molecule has 0 bridgehead atoms. The molecule has 2 heteroatoms. The molecule has 0 nitrogen and oxygen atoms in total. The maximum atomic E-state index is 11.8. The highest BCUT2D eigenvalue weighted by Gasteiger charge is 2.12. The predicted octanol–water partition coefficient (Wildman–Crippen LogP) is 2.32. The van der Waals surface area contributed by atoms with E-state index in [1.165, 1.54) is 0 Å². The third-order valence-corrected chi connectivity index (χ3v) is 1.09. The Hall–Kier alpha value is -0.400. The van der Waals surface area contributed by atoms with E-state index in [1.807, 2.05) is 0 Å². The Kier molecular flexibility index (Phi) is 1.09. The van der Waals surface area contributed by atoms with Gasteiger partial charge in [0.25, 0.3) is 0 Å². The summed E-state index contributed by atoms with van der Waals surface area (Å²) in [4.78, 5) is 0. The number of allylic oxidation sites excluding steroid dienone is 2. The lowest BCUT2D eigenvalue weighted by atomic mass is 10.4. The molecule has 0 N–H and O–H groups in total. The zero-order valence-corrected chi connectivity index (χ0v) is 3.88. The average Bonchev–Trinajstić information content (AvgIpc) is 1.91. The van der Waals surface area contributed by atoms with Gasteiger partial charge in [-0.1, -0.05) is 0 Å². The molecule has 0 radical (unpaired) electrons. The summed E-state index contributed by atoms with van der Waals surface area (Å²) in [6.45, 7) is 0.